The minimum Gasteiger partial charge on any atom is -0.486 e. The Morgan fingerprint density at radius 1 is 1.07 bits per heavy atom. The summed E-state index contributed by atoms with van der Waals surface area (Å²) < 4.78 is 6.02. The molecular weight excluding hydrogens is 364 g/mol. The van der Waals surface area contributed by atoms with Crippen LogP contribution < -0.4 is 9.64 Å². The van der Waals surface area contributed by atoms with E-state index >= 15 is 0 Å². The monoisotopic (exact) mass is 384 g/mol. The van der Waals surface area contributed by atoms with Crippen LogP contribution in [-0.2, 0) is 0 Å². The van der Waals surface area contributed by atoms with Gasteiger partial charge in [0.25, 0.3) is 0 Å². The lowest BCUT2D eigenvalue weighted by Gasteiger charge is -2.46. The molecule has 2 aromatic heterocycles. The van der Waals surface area contributed by atoms with Gasteiger partial charge in [0.15, 0.2) is 11.5 Å². The second-order valence-corrected chi connectivity index (χ2v) is 7.55. The second-order valence-electron chi connectivity index (χ2n) is 7.14. The molecule has 0 spiro atoms. The molecule has 0 radical (unpaired) electrons. The second kappa shape index (κ2) is 6.98. The van der Waals surface area contributed by atoms with Crippen LogP contribution in [0.5, 0.6) is 5.75 Å². The number of aromatic nitrogens is 4. The first-order valence-electron chi connectivity index (χ1n) is 9.32. The molecular formula is C19H21ClN6O. The van der Waals surface area contributed by atoms with E-state index < -0.39 is 0 Å². The molecule has 0 aliphatic carbocycles. The summed E-state index contributed by atoms with van der Waals surface area (Å²) in [6.45, 7) is 3.91. The summed E-state index contributed by atoms with van der Waals surface area (Å²) in [6.07, 6.45) is 5.75. The van der Waals surface area contributed by atoms with Gasteiger partial charge in [0.05, 0.1) is 11.3 Å². The first-order valence-corrected chi connectivity index (χ1v) is 9.70. The Balaban J connectivity index is 1.15. The Morgan fingerprint density at radius 3 is 2.70 bits per heavy atom. The van der Waals surface area contributed by atoms with Gasteiger partial charge < -0.3 is 14.6 Å². The molecule has 8 heteroatoms. The minimum atomic E-state index is 0.231. The van der Waals surface area contributed by atoms with Crippen molar-refractivity contribution < 1.29 is 4.74 Å². The highest BCUT2D eigenvalue weighted by atomic mass is 35.5. The van der Waals surface area contributed by atoms with Gasteiger partial charge in [-0.1, -0.05) is 23.7 Å². The van der Waals surface area contributed by atoms with Gasteiger partial charge in [0.1, 0.15) is 23.7 Å². The van der Waals surface area contributed by atoms with Crippen molar-refractivity contribution in [3.63, 3.8) is 0 Å². The lowest BCUT2D eigenvalue weighted by Crippen LogP contribution is -2.59. The number of ether oxygens (including phenoxy) is 1. The van der Waals surface area contributed by atoms with Crippen molar-refractivity contribution >= 4 is 28.6 Å². The Kier molecular flexibility index (Phi) is 4.33. The third kappa shape index (κ3) is 3.21. The maximum absolute atomic E-state index is 6.18. The molecule has 0 unspecified atom stereocenters. The van der Waals surface area contributed by atoms with Gasteiger partial charge in [0.2, 0.25) is 0 Å². The van der Waals surface area contributed by atoms with Crippen LogP contribution in [-0.4, -0.2) is 63.2 Å². The smallest absolute Gasteiger partial charge is 0.182 e. The number of nitrogens with zero attached hydrogens (tertiary/aromatic N) is 5. The van der Waals surface area contributed by atoms with Gasteiger partial charge in [-0.3, -0.25) is 4.90 Å². The van der Waals surface area contributed by atoms with E-state index in [2.05, 4.69) is 29.7 Å². The van der Waals surface area contributed by atoms with Crippen molar-refractivity contribution in [3.05, 3.63) is 41.9 Å². The average Bonchev–Trinajstić information content (AvgIpc) is 3.15. The lowest BCUT2D eigenvalue weighted by atomic mass is 9.98. The van der Waals surface area contributed by atoms with Crippen molar-refractivity contribution in [2.75, 3.05) is 31.1 Å². The highest BCUT2D eigenvalue weighted by molar-refractivity contribution is 6.32. The third-order valence-electron chi connectivity index (χ3n) is 5.49. The minimum absolute atomic E-state index is 0.231. The third-order valence-corrected chi connectivity index (χ3v) is 5.80. The van der Waals surface area contributed by atoms with Gasteiger partial charge in [-0.25, -0.2) is 15.0 Å². The molecule has 5 rings (SSSR count). The zero-order valence-electron chi connectivity index (χ0n) is 14.9. The topological polar surface area (TPSA) is 70.2 Å². The number of halogens is 1. The van der Waals surface area contributed by atoms with Crippen LogP contribution in [0.15, 0.2) is 36.9 Å². The average molecular weight is 385 g/mol. The first-order chi connectivity index (χ1) is 13.3. The molecule has 0 atom stereocenters. The molecule has 4 heterocycles. The van der Waals surface area contributed by atoms with E-state index in [4.69, 9.17) is 16.3 Å². The number of piperidine rings is 1. The van der Waals surface area contributed by atoms with E-state index in [1.165, 1.54) is 0 Å². The van der Waals surface area contributed by atoms with Gasteiger partial charge in [0, 0.05) is 32.2 Å². The molecule has 2 aliphatic rings. The van der Waals surface area contributed by atoms with E-state index in [0.29, 0.717) is 11.1 Å². The molecule has 7 nitrogen and oxygen atoms in total. The van der Waals surface area contributed by atoms with Crippen LogP contribution in [0.3, 0.4) is 0 Å². The largest absolute Gasteiger partial charge is 0.486 e. The predicted molar refractivity (Wildman–Crippen MR) is 104 cm³/mol. The van der Waals surface area contributed by atoms with E-state index in [9.17, 15) is 0 Å². The molecule has 140 valence electrons. The molecule has 2 saturated heterocycles. The predicted octanol–water partition coefficient (Wildman–Crippen LogP) is 2.74. The van der Waals surface area contributed by atoms with E-state index in [1.807, 2.05) is 24.3 Å². The number of hydrogen-bond donors (Lipinski definition) is 1. The molecule has 27 heavy (non-hydrogen) atoms. The molecule has 3 aromatic rings. The number of likely N-dealkylation sites (tertiary alicyclic amines) is 1. The van der Waals surface area contributed by atoms with Crippen molar-refractivity contribution in [2.24, 2.45) is 0 Å². The van der Waals surface area contributed by atoms with E-state index in [-0.39, 0.29) is 6.10 Å². The van der Waals surface area contributed by atoms with Crippen molar-refractivity contribution in [2.45, 2.75) is 25.0 Å². The van der Waals surface area contributed by atoms with Crippen molar-refractivity contribution in [1.29, 1.82) is 0 Å². The van der Waals surface area contributed by atoms with Crippen molar-refractivity contribution in [3.8, 4) is 5.75 Å². The Morgan fingerprint density at radius 2 is 1.89 bits per heavy atom. The number of imidazole rings is 1. The molecule has 0 amide bonds. The zero-order chi connectivity index (χ0) is 18.2. The Labute approximate surface area is 162 Å². The summed E-state index contributed by atoms with van der Waals surface area (Å²) in [7, 11) is 0. The van der Waals surface area contributed by atoms with E-state index in [1.54, 1.807) is 12.7 Å². The van der Waals surface area contributed by atoms with Crippen molar-refractivity contribution in [1.82, 2.24) is 24.8 Å². The number of H-pyrrole nitrogens is 1. The fraction of sp³-hybridized carbons (Fsp3) is 0.421. The number of anilines is 1. The fourth-order valence-corrected chi connectivity index (χ4v) is 4.18. The van der Waals surface area contributed by atoms with Crippen LogP contribution in [0.2, 0.25) is 5.02 Å². The van der Waals surface area contributed by atoms with Crippen LogP contribution in [0.4, 0.5) is 5.82 Å². The number of aromatic amines is 1. The number of rotatable bonds is 4. The summed E-state index contributed by atoms with van der Waals surface area (Å²) in [5.74, 6) is 1.74. The van der Waals surface area contributed by atoms with E-state index in [0.717, 1.165) is 61.8 Å². The summed E-state index contributed by atoms with van der Waals surface area (Å²) >= 11 is 6.18. The van der Waals surface area contributed by atoms with Gasteiger partial charge >= 0.3 is 0 Å². The summed E-state index contributed by atoms with van der Waals surface area (Å²) in [5.41, 5.74) is 1.65. The standard InChI is InChI=1S/C19H21ClN6O/c20-15-3-1-2-4-16(15)27-14-9-26(10-14)13-5-7-25(8-6-13)19-17-18(22-11-21-17)23-12-24-19/h1-4,11-14H,5-10H2,(H,21,22,23,24). The number of fused-ring (bicyclic) bond motifs is 1. The van der Waals surface area contributed by atoms with Crippen LogP contribution >= 0.6 is 11.6 Å². The van der Waals surface area contributed by atoms with Gasteiger partial charge in [-0.05, 0) is 25.0 Å². The van der Waals surface area contributed by atoms with Crippen LogP contribution in [0, 0.1) is 0 Å². The highest BCUT2D eigenvalue weighted by Crippen LogP contribution is 2.30. The zero-order valence-corrected chi connectivity index (χ0v) is 15.6. The van der Waals surface area contributed by atoms with Crippen LogP contribution in [0.1, 0.15) is 12.8 Å². The molecule has 2 aliphatic heterocycles. The fourth-order valence-electron chi connectivity index (χ4n) is 4.00. The number of hydrogen-bond acceptors (Lipinski definition) is 6. The molecule has 1 aromatic carbocycles. The summed E-state index contributed by atoms with van der Waals surface area (Å²) in [6, 6.07) is 8.28. The number of nitrogens with one attached hydrogen (secondary N) is 1. The van der Waals surface area contributed by atoms with Gasteiger partial charge in [-0.2, -0.15) is 0 Å². The maximum atomic E-state index is 6.18. The first kappa shape index (κ1) is 16.8. The normalized spacial score (nSPS) is 19.4. The van der Waals surface area contributed by atoms with Crippen LogP contribution in [0.25, 0.3) is 11.2 Å². The molecule has 0 saturated carbocycles. The SMILES string of the molecule is Clc1ccccc1OC1CN(C2CCN(c3ncnc4nc[nH]c34)CC2)C1. The highest BCUT2D eigenvalue weighted by Gasteiger charge is 2.36. The lowest BCUT2D eigenvalue weighted by molar-refractivity contribution is -0.0153. The molecule has 0 bridgehead atoms. The quantitative estimate of drug-likeness (QED) is 0.745. The number of benzene rings is 1. The molecule has 1 N–H and O–H groups in total. The van der Waals surface area contributed by atoms with Gasteiger partial charge in [-0.15, -0.1) is 0 Å². The number of para-hydroxylation sites is 1. The summed E-state index contributed by atoms with van der Waals surface area (Å²) in [4.78, 5) is 20.9. The Hall–Kier alpha value is -2.38. The molecule has 2 fully saturated rings. The maximum Gasteiger partial charge on any atom is 0.182 e. The summed E-state index contributed by atoms with van der Waals surface area (Å²) in [5, 5.41) is 0.680. The Bertz CT molecular complexity index is 933.